The summed E-state index contributed by atoms with van der Waals surface area (Å²) in [5.74, 6) is 0.406. The first-order chi connectivity index (χ1) is 8.27. The minimum atomic E-state index is -0.0496. The second-order valence-electron chi connectivity index (χ2n) is 4.75. The van der Waals surface area contributed by atoms with Gasteiger partial charge in [0.15, 0.2) is 0 Å². The van der Waals surface area contributed by atoms with Crippen molar-refractivity contribution in [2.75, 3.05) is 33.4 Å². The summed E-state index contributed by atoms with van der Waals surface area (Å²) in [4.78, 5) is 2.24. The van der Waals surface area contributed by atoms with Crippen LogP contribution >= 0.6 is 0 Å². The Balaban J connectivity index is 2.47. The third kappa shape index (κ3) is 5.71. The quantitative estimate of drug-likeness (QED) is 0.543. The molecule has 0 N–H and O–H groups in total. The van der Waals surface area contributed by atoms with Gasteiger partial charge in [0.25, 0.3) is 0 Å². The fraction of sp³-hybridized carbons (Fsp3) is 0.846. The number of nitrogens with zero attached hydrogens (tertiary/aromatic N) is 1. The molecule has 1 saturated heterocycles. The first-order valence-electron chi connectivity index (χ1n) is 6.82. The molecule has 17 heavy (non-hydrogen) atoms. The van der Waals surface area contributed by atoms with Crippen LogP contribution in [0.25, 0.3) is 0 Å². The Kier molecular flexibility index (Phi) is 7.57. The van der Waals surface area contributed by atoms with Gasteiger partial charge >= 0.3 is 7.12 Å². The molecule has 98 valence electrons. The predicted molar refractivity (Wildman–Crippen MR) is 73.2 cm³/mol. The van der Waals surface area contributed by atoms with Gasteiger partial charge in [-0.15, -0.1) is 0 Å². The Morgan fingerprint density at radius 2 is 1.94 bits per heavy atom. The Morgan fingerprint density at radius 3 is 2.47 bits per heavy atom. The molecule has 0 aromatic rings. The van der Waals surface area contributed by atoms with Crippen LogP contribution in [0.3, 0.4) is 0 Å². The normalized spacial score (nSPS) is 21.5. The van der Waals surface area contributed by atoms with Crippen molar-refractivity contribution in [2.24, 2.45) is 0 Å². The lowest BCUT2D eigenvalue weighted by atomic mass is 9.68. The second-order valence-corrected chi connectivity index (χ2v) is 4.75. The maximum Gasteiger partial charge on any atom is 0.464 e. The van der Waals surface area contributed by atoms with Gasteiger partial charge in [-0.1, -0.05) is 31.9 Å². The summed E-state index contributed by atoms with van der Waals surface area (Å²) in [6.07, 6.45) is 7.95. The third-order valence-corrected chi connectivity index (χ3v) is 3.19. The lowest BCUT2D eigenvalue weighted by molar-refractivity contribution is 0.121. The van der Waals surface area contributed by atoms with E-state index >= 15 is 0 Å². The van der Waals surface area contributed by atoms with E-state index in [9.17, 15) is 0 Å². The molecule has 0 bridgehead atoms. The van der Waals surface area contributed by atoms with Crippen molar-refractivity contribution in [2.45, 2.75) is 38.9 Å². The number of hydrogen-bond donors (Lipinski definition) is 0. The van der Waals surface area contributed by atoms with E-state index in [1.54, 1.807) is 0 Å². The van der Waals surface area contributed by atoms with Crippen LogP contribution in [0.4, 0.5) is 0 Å². The van der Waals surface area contributed by atoms with Gasteiger partial charge in [-0.3, -0.25) is 0 Å². The first-order valence-corrected chi connectivity index (χ1v) is 6.82. The summed E-state index contributed by atoms with van der Waals surface area (Å²) < 4.78 is 11.7. The molecule has 0 saturated carbocycles. The first kappa shape index (κ1) is 14.7. The largest absolute Gasteiger partial charge is 0.464 e. The summed E-state index contributed by atoms with van der Waals surface area (Å²) in [7, 11) is 2.06. The molecule has 1 heterocycles. The molecule has 4 heteroatoms. The standard InChI is InChI=1S/C13H26BNO2/c1-4-6-8-13(7-5-2)14-16-11-9-15(3)10-12-17-14/h5,7,13H,4,6,8-12H2,1-3H3/b7-5+. The van der Waals surface area contributed by atoms with Gasteiger partial charge in [-0.25, -0.2) is 0 Å². The molecule has 3 nitrogen and oxygen atoms in total. The topological polar surface area (TPSA) is 21.7 Å². The van der Waals surface area contributed by atoms with Crippen LogP contribution in [0.1, 0.15) is 33.1 Å². The molecule has 0 aliphatic carbocycles. The average Bonchev–Trinajstić information content (AvgIpc) is 2.29. The highest BCUT2D eigenvalue weighted by Gasteiger charge is 2.28. The van der Waals surface area contributed by atoms with Crippen LogP contribution in [0.2, 0.25) is 5.82 Å². The van der Waals surface area contributed by atoms with Gasteiger partial charge in [0, 0.05) is 32.1 Å². The van der Waals surface area contributed by atoms with Crippen molar-refractivity contribution in [1.82, 2.24) is 4.90 Å². The van der Waals surface area contributed by atoms with E-state index in [1.807, 2.05) is 0 Å². The second kappa shape index (κ2) is 8.73. The molecule has 1 unspecified atom stereocenters. The van der Waals surface area contributed by atoms with Gasteiger partial charge in [-0.2, -0.15) is 0 Å². The lowest BCUT2D eigenvalue weighted by Gasteiger charge is -2.27. The lowest BCUT2D eigenvalue weighted by Crippen LogP contribution is -2.38. The zero-order valence-electron chi connectivity index (χ0n) is 11.5. The van der Waals surface area contributed by atoms with Crippen molar-refractivity contribution in [3.05, 3.63) is 12.2 Å². The minimum Gasteiger partial charge on any atom is -0.409 e. The molecule has 1 atom stereocenters. The molecule has 1 rings (SSSR count). The van der Waals surface area contributed by atoms with Gasteiger partial charge < -0.3 is 14.2 Å². The molecule has 0 aromatic carbocycles. The van der Waals surface area contributed by atoms with Crippen LogP contribution in [0.15, 0.2) is 12.2 Å². The van der Waals surface area contributed by atoms with Crippen molar-refractivity contribution >= 4 is 7.12 Å². The summed E-state index contributed by atoms with van der Waals surface area (Å²) >= 11 is 0. The van der Waals surface area contributed by atoms with Gasteiger partial charge in [-0.05, 0) is 20.4 Å². The van der Waals surface area contributed by atoms with Gasteiger partial charge in [0.2, 0.25) is 0 Å². The zero-order chi connectivity index (χ0) is 12.5. The van der Waals surface area contributed by atoms with E-state index in [0.717, 1.165) is 32.7 Å². The van der Waals surface area contributed by atoms with Crippen LogP contribution in [0.5, 0.6) is 0 Å². The summed E-state index contributed by atoms with van der Waals surface area (Å²) in [6.45, 7) is 7.81. The molecule has 0 spiro atoms. The fourth-order valence-electron chi connectivity index (χ4n) is 2.07. The summed E-state index contributed by atoms with van der Waals surface area (Å²) in [5.41, 5.74) is 0. The van der Waals surface area contributed by atoms with Crippen LogP contribution in [-0.2, 0) is 9.31 Å². The Morgan fingerprint density at radius 1 is 1.29 bits per heavy atom. The number of rotatable bonds is 5. The van der Waals surface area contributed by atoms with E-state index in [4.69, 9.17) is 9.31 Å². The van der Waals surface area contributed by atoms with Crippen molar-refractivity contribution in [3.63, 3.8) is 0 Å². The Hall–Kier alpha value is -0.315. The predicted octanol–water partition coefficient (Wildman–Crippen LogP) is 2.59. The van der Waals surface area contributed by atoms with Gasteiger partial charge in [0.05, 0.1) is 0 Å². The summed E-state index contributed by atoms with van der Waals surface area (Å²) in [6, 6.07) is 0. The van der Waals surface area contributed by atoms with Crippen molar-refractivity contribution in [1.29, 1.82) is 0 Å². The maximum atomic E-state index is 5.85. The molecule has 0 amide bonds. The number of hydrogen-bond acceptors (Lipinski definition) is 3. The van der Waals surface area contributed by atoms with E-state index in [-0.39, 0.29) is 7.12 Å². The number of allylic oxidation sites excluding steroid dienone is 2. The molecule has 0 radical (unpaired) electrons. The number of likely N-dealkylation sites (N-methyl/N-ethyl adjacent to an activating group) is 1. The Bertz CT molecular complexity index is 213. The zero-order valence-corrected chi connectivity index (χ0v) is 11.5. The highest BCUT2D eigenvalue weighted by molar-refractivity contribution is 6.47. The Labute approximate surface area is 106 Å². The highest BCUT2D eigenvalue weighted by atomic mass is 16.6. The van der Waals surface area contributed by atoms with E-state index in [2.05, 4.69) is 37.9 Å². The van der Waals surface area contributed by atoms with E-state index in [0.29, 0.717) is 5.82 Å². The molecule has 0 aromatic heterocycles. The number of unbranched alkanes of at least 4 members (excludes halogenated alkanes) is 1. The van der Waals surface area contributed by atoms with Crippen LogP contribution < -0.4 is 0 Å². The monoisotopic (exact) mass is 239 g/mol. The molecule has 1 aliphatic rings. The molecular formula is C13H26BNO2. The average molecular weight is 239 g/mol. The van der Waals surface area contributed by atoms with Crippen LogP contribution in [-0.4, -0.2) is 45.4 Å². The molecule has 1 fully saturated rings. The molecule has 1 aliphatic heterocycles. The highest BCUT2D eigenvalue weighted by Crippen LogP contribution is 2.22. The van der Waals surface area contributed by atoms with Crippen LogP contribution in [0, 0.1) is 0 Å². The maximum absolute atomic E-state index is 5.85. The third-order valence-electron chi connectivity index (χ3n) is 3.19. The van der Waals surface area contributed by atoms with Crippen molar-refractivity contribution in [3.8, 4) is 0 Å². The van der Waals surface area contributed by atoms with Crippen molar-refractivity contribution < 1.29 is 9.31 Å². The summed E-state index contributed by atoms with van der Waals surface area (Å²) in [5, 5.41) is 0. The van der Waals surface area contributed by atoms with Gasteiger partial charge in [0.1, 0.15) is 0 Å². The van der Waals surface area contributed by atoms with E-state index in [1.165, 1.54) is 12.8 Å². The fourth-order valence-corrected chi connectivity index (χ4v) is 2.07. The van der Waals surface area contributed by atoms with E-state index < -0.39 is 0 Å². The molecular weight excluding hydrogens is 213 g/mol. The smallest absolute Gasteiger partial charge is 0.409 e. The minimum absolute atomic E-state index is 0.0496. The SMILES string of the molecule is C/C=C/C(CCCC)B1OCCN(C)CCO1.